The second kappa shape index (κ2) is 4.66. The number of phenolic OH excluding ortho intramolecular Hbond substituents is 1. The second-order valence-corrected chi connectivity index (χ2v) is 5.28. The quantitative estimate of drug-likeness (QED) is 0.562. The molecule has 2 amide bonds. The number of nitrogens with zero attached hydrogens (tertiary/aromatic N) is 2. The number of amides is 2. The van der Waals surface area contributed by atoms with Crippen molar-refractivity contribution in [1.82, 2.24) is 14.9 Å². The van der Waals surface area contributed by atoms with Crippen molar-refractivity contribution in [3.8, 4) is 11.4 Å². The Kier molecular flexibility index (Phi) is 2.71. The van der Waals surface area contributed by atoms with Crippen LogP contribution in [0.1, 0.15) is 20.7 Å². The van der Waals surface area contributed by atoms with Crippen molar-refractivity contribution in [2.45, 2.75) is 0 Å². The number of carbonyl (C=O) groups excluding carboxylic acids is 2. The van der Waals surface area contributed by atoms with Crippen molar-refractivity contribution in [3.63, 3.8) is 0 Å². The number of nitrogens with one attached hydrogen (secondary N) is 1. The smallest absolute Gasteiger partial charge is 0.262 e. The van der Waals surface area contributed by atoms with Gasteiger partial charge in [0, 0.05) is 17.6 Å². The maximum absolute atomic E-state index is 12.5. The number of benzene rings is 1. The van der Waals surface area contributed by atoms with Gasteiger partial charge in [-0.05, 0) is 24.3 Å². The van der Waals surface area contributed by atoms with Gasteiger partial charge in [0.05, 0.1) is 16.6 Å². The Labute approximate surface area is 134 Å². The summed E-state index contributed by atoms with van der Waals surface area (Å²) in [7, 11) is 0. The second-order valence-electron chi connectivity index (χ2n) is 5.28. The third-order valence-electron chi connectivity index (χ3n) is 3.91. The molecule has 0 atom stereocenters. The van der Waals surface area contributed by atoms with Gasteiger partial charge in [-0.2, -0.15) is 0 Å². The molecular weight excluding hydrogens is 312 g/mol. The summed E-state index contributed by atoms with van der Waals surface area (Å²) in [6.07, 6.45) is 1.57. The van der Waals surface area contributed by atoms with E-state index >= 15 is 0 Å². The first-order valence-corrected chi connectivity index (χ1v) is 6.97. The Morgan fingerprint density at radius 3 is 2.71 bits per heavy atom. The normalized spacial score (nSPS) is 13.2. The largest absolute Gasteiger partial charge is 0.506 e. The summed E-state index contributed by atoms with van der Waals surface area (Å²) in [6.45, 7) is 0. The first-order valence-electron chi connectivity index (χ1n) is 6.97. The highest BCUT2D eigenvalue weighted by Crippen LogP contribution is 2.32. The summed E-state index contributed by atoms with van der Waals surface area (Å²) in [6, 6.07) is 7.33. The summed E-state index contributed by atoms with van der Waals surface area (Å²) < 4.78 is 1.01. The van der Waals surface area contributed by atoms with E-state index in [0.717, 1.165) is 10.6 Å². The first-order chi connectivity index (χ1) is 11.5. The zero-order valence-electron chi connectivity index (χ0n) is 12.1. The van der Waals surface area contributed by atoms with Gasteiger partial charge < -0.3 is 10.8 Å². The van der Waals surface area contributed by atoms with Crippen LogP contribution < -0.4 is 16.6 Å². The van der Waals surface area contributed by atoms with Crippen LogP contribution in [-0.2, 0) is 0 Å². The topological polar surface area (TPSA) is 127 Å². The molecule has 1 aliphatic heterocycles. The number of nitrogen functional groups attached to an aromatic ring is 1. The number of carbonyl (C=O) groups is 2. The summed E-state index contributed by atoms with van der Waals surface area (Å²) in [4.78, 5) is 40.3. The van der Waals surface area contributed by atoms with Crippen LogP contribution in [0.5, 0.6) is 5.75 Å². The fourth-order valence-corrected chi connectivity index (χ4v) is 2.87. The molecule has 24 heavy (non-hydrogen) atoms. The first kappa shape index (κ1) is 13.9. The Balaban J connectivity index is 2.16. The molecule has 2 aromatic heterocycles. The number of aromatic nitrogens is 2. The molecule has 0 bridgehead atoms. The SMILES string of the molecule is Nc1c2c(cc(=O)n1-c1c(O)ccc3ncccc13)C(=O)NC2=O. The number of imide groups is 1. The van der Waals surface area contributed by atoms with Gasteiger partial charge in [0.25, 0.3) is 17.4 Å². The number of nitrogens with two attached hydrogens (primary N) is 1. The molecule has 118 valence electrons. The zero-order valence-corrected chi connectivity index (χ0v) is 12.1. The van der Waals surface area contributed by atoms with Gasteiger partial charge in [-0.3, -0.25) is 29.3 Å². The Bertz CT molecular complexity index is 1120. The van der Waals surface area contributed by atoms with Crippen molar-refractivity contribution in [1.29, 1.82) is 0 Å². The molecule has 1 aromatic carbocycles. The lowest BCUT2D eigenvalue weighted by atomic mass is 10.1. The number of rotatable bonds is 1. The third-order valence-corrected chi connectivity index (χ3v) is 3.91. The number of fused-ring (bicyclic) bond motifs is 2. The number of aromatic hydroxyl groups is 1. The zero-order chi connectivity index (χ0) is 17.0. The lowest BCUT2D eigenvalue weighted by molar-refractivity contribution is 0.0880. The predicted molar refractivity (Wildman–Crippen MR) is 85.2 cm³/mol. The number of hydrogen-bond donors (Lipinski definition) is 3. The molecular formula is C16H10N4O4. The molecule has 8 heteroatoms. The maximum atomic E-state index is 12.5. The lowest BCUT2D eigenvalue weighted by Crippen LogP contribution is -2.24. The van der Waals surface area contributed by atoms with E-state index in [4.69, 9.17) is 5.73 Å². The molecule has 1 aliphatic rings. The van der Waals surface area contributed by atoms with Crippen LogP contribution in [0.2, 0.25) is 0 Å². The number of pyridine rings is 2. The number of anilines is 1. The van der Waals surface area contributed by atoms with E-state index < -0.39 is 17.4 Å². The standard InChI is InChI=1S/C16H10N4O4/c17-14-12-8(15(23)19-16(12)24)6-11(22)20(14)13-7-2-1-5-18-9(7)3-4-10(13)21/h1-6,21H,17H2,(H,19,23,24). The minimum absolute atomic E-state index is 0.0726. The van der Waals surface area contributed by atoms with E-state index in [9.17, 15) is 19.5 Å². The summed E-state index contributed by atoms with van der Waals surface area (Å²) in [5.74, 6) is -1.77. The molecule has 0 saturated heterocycles. The number of hydrogen-bond acceptors (Lipinski definition) is 6. The molecule has 0 radical (unpaired) electrons. The highest BCUT2D eigenvalue weighted by atomic mass is 16.3. The Hall–Kier alpha value is -3.68. The van der Waals surface area contributed by atoms with Crippen molar-refractivity contribution < 1.29 is 14.7 Å². The van der Waals surface area contributed by atoms with Crippen LogP contribution in [0.4, 0.5) is 5.82 Å². The van der Waals surface area contributed by atoms with Gasteiger partial charge in [-0.1, -0.05) is 0 Å². The van der Waals surface area contributed by atoms with Gasteiger partial charge in [0.2, 0.25) is 0 Å². The molecule has 0 fully saturated rings. The van der Waals surface area contributed by atoms with E-state index in [1.807, 2.05) is 0 Å². The van der Waals surface area contributed by atoms with E-state index in [1.54, 1.807) is 24.4 Å². The van der Waals surface area contributed by atoms with E-state index in [2.05, 4.69) is 10.3 Å². The Morgan fingerprint density at radius 2 is 1.92 bits per heavy atom. The van der Waals surface area contributed by atoms with Crippen LogP contribution in [-0.4, -0.2) is 26.5 Å². The van der Waals surface area contributed by atoms with Gasteiger partial charge in [0.1, 0.15) is 17.3 Å². The predicted octanol–water partition coefficient (Wildman–Crippen LogP) is 0.557. The fourth-order valence-electron chi connectivity index (χ4n) is 2.87. The molecule has 4 N–H and O–H groups in total. The molecule has 4 rings (SSSR count). The van der Waals surface area contributed by atoms with Crippen molar-refractivity contribution in [2.24, 2.45) is 0 Å². The summed E-state index contributed by atoms with van der Waals surface area (Å²) in [5, 5.41) is 12.8. The van der Waals surface area contributed by atoms with Crippen LogP contribution in [0.3, 0.4) is 0 Å². The maximum Gasteiger partial charge on any atom is 0.262 e. The minimum atomic E-state index is -0.681. The summed E-state index contributed by atoms with van der Waals surface area (Å²) >= 11 is 0. The van der Waals surface area contributed by atoms with Crippen molar-refractivity contribution in [2.75, 3.05) is 5.73 Å². The highest BCUT2D eigenvalue weighted by Gasteiger charge is 2.32. The average molecular weight is 322 g/mol. The van der Waals surface area contributed by atoms with E-state index in [-0.39, 0.29) is 28.4 Å². The molecule has 0 aliphatic carbocycles. The Morgan fingerprint density at radius 1 is 1.12 bits per heavy atom. The number of phenols is 1. The van der Waals surface area contributed by atoms with Crippen LogP contribution in [0, 0.1) is 0 Å². The molecule has 3 heterocycles. The lowest BCUT2D eigenvalue weighted by Gasteiger charge is -2.15. The molecule has 0 saturated carbocycles. The van der Waals surface area contributed by atoms with Crippen LogP contribution in [0.25, 0.3) is 16.6 Å². The van der Waals surface area contributed by atoms with Crippen LogP contribution in [0.15, 0.2) is 41.3 Å². The van der Waals surface area contributed by atoms with Crippen LogP contribution >= 0.6 is 0 Å². The van der Waals surface area contributed by atoms with Crippen molar-refractivity contribution in [3.05, 3.63) is 58.0 Å². The monoisotopic (exact) mass is 322 g/mol. The van der Waals surface area contributed by atoms with Gasteiger partial charge in [-0.15, -0.1) is 0 Å². The molecule has 3 aromatic rings. The average Bonchev–Trinajstić information content (AvgIpc) is 2.83. The van der Waals surface area contributed by atoms with E-state index in [1.165, 1.54) is 6.07 Å². The molecule has 0 spiro atoms. The van der Waals surface area contributed by atoms with E-state index in [0.29, 0.717) is 10.9 Å². The van der Waals surface area contributed by atoms with Gasteiger partial charge >= 0.3 is 0 Å². The van der Waals surface area contributed by atoms with Gasteiger partial charge in [0.15, 0.2) is 0 Å². The third kappa shape index (κ3) is 1.73. The summed E-state index contributed by atoms with van der Waals surface area (Å²) in [5.41, 5.74) is 5.85. The van der Waals surface area contributed by atoms with Crippen molar-refractivity contribution >= 4 is 28.5 Å². The molecule has 0 unspecified atom stereocenters. The minimum Gasteiger partial charge on any atom is -0.506 e. The highest BCUT2D eigenvalue weighted by molar-refractivity contribution is 6.23. The van der Waals surface area contributed by atoms with Gasteiger partial charge in [-0.25, -0.2) is 0 Å². The fraction of sp³-hybridized carbons (Fsp3) is 0. The molecule has 8 nitrogen and oxygen atoms in total.